The van der Waals surface area contributed by atoms with Crippen LogP contribution in [-0.4, -0.2) is 14.7 Å². The van der Waals surface area contributed by atoms with Gasteiger partial charge in [-0.25, -0.2) is 4.98 Å². The minimum atomic E-state index is 0.689. The smallest absolute Gasteiger partial charge is 0.136 e. The zero-order chi connectivity index (χ0) is 9.54. The SMILES string of the molecule is BrCC1CC1c1cn2ccccc2n1. The van der Waals surface area contributed by atoms with Crippen molar-refractivity contribution >= 4 is 21.6 Å². The molecule has 2 heterocycles. The van der Waals surface area contributed by atoms with Crippen molar-refractivity contribution in [1.82, 2.24) is 9.38 Å². The van der Waals surface area contributed by atoms with Crippen molar-refractivity contribution in [3.63, 3.8) is 0 Å². The average molecular weight is 251 g/mol. The highest BCUT2D eigenvalue weighted by molar-refractivity contribution is 9.09. The normalized spacial score (nSPS) is 25.5. The molecule has 0 amide bonds. The molecule has 0 aromatic carbocycles. The van der Waals surface area contributed by atoms with Crippen LogP contribution >= 0.6 is 15.9 Å². The van der Waals surface area contributed by atoms with Gasteiger partial charge in [0.1, 0.15) is 5.65 Å². The van der Waals surface area contributed by atoms with Crippen LogP contribution in [0.2, 0.25) is 0 Å². The third-order valence-electron chi connectivity index (χ3n) is 2.88. The Balaban J connectivity index is 1.99. The second kappa shape index (κ2) is 3.09. The van der Waals surface area contributed by atoms with Gasteiger partial charge in [0.2, 0.25) is 0 Å². The highest BCUT2D eigenvalue weighted by Crippen LogP contribution is 2.47. The molecule has 3 rings (SSSR count). The summed E-state index contributed by atoms with van der Waals surface area (Å²) in [6.45, 7) is 0. The standard InChI is InChI=1S/C11H11BrN2/c12-6-8-5-9(8)10-7-14-4-2-1-3-11(14)13-10/h1-4,7-9H,5-6H2. The van der Waals surface area contributed by atoms with Gasteiger partial charge in [-0.05, 0) is 24.5 Å². The minimum Gasteiger partial charge on any atom is -0.307 e. The molecular formula is C11H11BrN2. The summed E-state index contributed by atoms with van der Waals surface area (Å²) in [6, 6.07) is 6.11. The summed E-state index contributed by atoms with van der Waals surface area (Å²) >= 11 is 3.52. The van der Waals surface area contributed by atoms with Crippen LogP contribution in [0.25, 0.3) is 5.65 Å². The molecule has 1 aliphatic rings. The third-order valence-corrected chi connectivity index (χ3v) is 3.71. The van der Waals surface area contributed by atoms with Gasteiger partial charge in [0.05, 0.1) is 5.69 Å². The lowest BCUT2D eigenvalue weighted by atomic mass is 10.3. The van der Waals surface area contributed by atoms with Gasteiger partial charge in [-0.15, -0.1) is 0 Å². The Morgan fingerprint density at radius 2 is 2.43 bits per heavy atom. The highest BCUT2D eigenvalue weighted by atomic mass is 79.9. The summed E-state index contributed by atoms with van der Waals surface area (Å²) in [5.41, 5.74) is 2.31. The maximum atomic E-state index is 4.62. The topological polar surface area (TPSA) is 17.3 Å². The Kier molecular flexibility index (Phi) is 1.87. The maximum absolute atomic E-state index is 4.62. The monoisotopic (exact) mass is 250 g/mol. The number of fused-ring (bicyclic) bond motifs is 1. The summed E-state index contributed by atoms with van der Waals surface area (Å²) < 4.78 is 2.10. The van der Waals surface area contributed by atoms with E-state index in [-0.39, 0.29) is 0 Å². The van der Waals surface area contributed by atoms with E-state index in [1.165, 1.54) is 12.1 Å². The van der Waals surface area contributed by atoms with Crippen molar-refractivity contribution in [3.05, 3.63) is 36.3 Å². The fourth-order valence-corrected chi connectivity index (χ4v) is 2.63. The number of imidazole rings is 1. The van der Waals surface area contributed by atoms with E-state index in [2.05, 4.69) is 43.8 Å². The number of nitrogens with zero attached hydrogens (tertiary/aromatic N) is 2. The lowest BCUT2D eigenvalue weighted by Gasteiger charge is -1.88. The molecule has 1 aliphatic carbocycles. The molecule has 0 aliphatic heterocycles. The second-order valence-electron chi connectivity index (χ2n) is 3.89. The zero-order valence-corrected chi connectivity index (χ0v) is 9.31. The first kappa shape index (κ1) is 8.48. The first-order valence-corrected chi connectivity index (χ1v) is 6.00. The van der Waals surface area contributed by atoms with Gasteiger partial charge in [-0.2, -0.15) is 0 Å². The molecule has 2 nitrogen and oxygen atoms in total. The number of pyridine rings is 1. The summed E-state index contributed by atoms with van der Waals surface area (Å²) in [5.74, 6) is 1.49. The van der Waals surface area contributed by atoms with Crippen LogP contribution in [0, 0.1) is 5.92 Å². The van der Waals surface area contributed by atoms with E-state index < -0.39 is 0 Å². The molecule has 2 aromatic heterocycles. The van der Waals surface area contributed by atoms with Crippen molar-refractivity contribution in [2.75, 3.05) is 5.33 Å². The van der Waals surface area contributed by atoms with Gasteiger partial charge in [0, 0.05) is 23.6 Å². The second-order valence-corrected chi connectivity index (χ2v) is 4.54. The average Bonchev–Trinajstić information content (AvgIpc) is 2.89. The fraction of sp³-hybridized carbons (Fsp3) is 0.364. The van der Waals surface area contributed by atoms with Crippen LogP contribution in [-0.2, 0) is 0 Å². The first-order valence-electron chi connectivity index (χ1n) is 4.88. The minimum absolute atomic E-state index is 0.689. The number of hydrogen-bond donors (Lipinski definition) is 0. The van der Waals surface area contributed by atoms with Crippen molar-refractivity contribution < 1.29 is 0 Å². The number of aromatic nitrogens is 2. The van der Waals surface area contributed by atoms with Gasteiger partial charge in [0.25, 0.3) is 0 Å². The lowest BCUT2D eigenvalue weighted by Crippen LogP contribution is -1.83. The Labute approximate surface area is 91.1 Å². The fourth-order valence-electron chi connectivity index (χ4n) is 1.91. The van der Waals surface area contributed by atoms with Gasteiger partial charge >= 0.3 is 0 Å². The zero-order valence-electron chi connectivity index (χ0n) is 7.73. The van der Waals surface area contributed by atoms with Gasteiger partial charge in [-0.3, -0.25) is 0 Å². The molecule has 0 radical (unpaired) electrons. The van der Waals surface area contributed by atoms with E-state index in [0.717, 1.165) is 16.9 Å². The molecule has 0 spiro atoms. The summed E-state index contributed by atoms with van der Waals surface area (Å²) in [4.78, 5) is 4.62. The molecule has 0 saturated heterocycles. The lowest BCUT2D eigenvalue weighted by molar-refractivity contribution is 0.913. The molecule has 14 heavy (non-hydrogen) atoms. The van der Waals surface area contributed by atoms with Crippen LogP contribution in [0.5, 0.6) is 0 Å². The van der Waals surface area contributed by atoms with Gasteiger partial charge in [0.15, 0.2) is 0 Å². The predicted molar refractivity (Wildman–Crippen MR) is 59.8 cm³/mol. The quantitative estimate of drug-likeness (QED) is 0.750. The van der Waals surface area contributed by atoms with Crippen molar-refractivity contribution in [3.8, 4) is 0 Å². The maximum Gasteiger partial charge on any atom is 0.136 e. The molecule has 72 valence electrons. The molecule has 2 unspecified atom stereocenters. The Morgan fingerprint density at radius 1 is 1.50 bits per heavy atom. The van der Waals surface area contributed by atoms with Crippen LogP contribution in [0.15, 0.2) is 30.6 Å². The molecule has 0 N–H and O–H groups in total. The molecule has 0 bridgehead atoms. The largest absolute Gasteiger partial charge is 0.307 e. The van der Waals surface area contributed by atoms with E-state index >= 15 is 0 Å². The van der Waals surface area contributed by atoms with Crippen molar-refractivity contribution in [2.24, 2.45) is 5.92 Å². The summed E-state index contributed by atoms with van der Waals surface area (Å²) in [5, 5.41) is 1.10. The molecule has 3 heteroatoms. The molecule has 2 aromatic rings. The van der Waals surface area contributed by atoms with Crippen LogP contribution in [0.1, 0.15) is 18.0 Å². The Hall–Kier alpha value is -0.830. The summed E-state index contributed by atoms with van der Waals surface area (Å²) in [6.07, 6.45) is 5.50. The van der Waals surface area contributed by atoms with Crippen molar-refractivity contribution in [1.29, 1.82) is 0 Å². The molecular weight excluding hydrogens is 240 g/mol. The number of halogens is 1. The van der Waals surface area contributed by atoms with Gasteiger partial charge in [-0.1, -0.05) is 22.0 Å². The van der Waals surface area contributed by atoms with Crippen LogP contribution < -0.4 is 0 Å². The van der Waals surface area contributed by atoms with Gasteiger partial charge < -0.3 is 4.40 Å². The first-order chi connectivity index (χ1) is 6.88. The highest BCUT2D eigenvalue weighted by Gasteiger charge is 2.38. The van der Waals surface area contributed by atoms with E-state index in [0.29, 0.717) is 5.92 Å². The van der Waals surface area contributed by atoms with Crippen LogP contribution in [0.3, 0.4) is 0 Å². The van der Waals surface area contributed by atoms with E-state index in [1.807, 2.05) is 12.1 Å². The van der Waals surface area contributed by atoms with Crippen LogP contribution in [0.4, 0.5) is 0 Å². The number of alkyl halides is 1. The third kappa shape index (κ3) is 1.27. The predicted octanol–water partition coefficient (Wildman–Crippen LogP) is 2.83. The van der Waals surface area contributed by atoms with E-state index in [1.54, 1.807) is 0 Å². The number of rotatable bonds is 2. The van der Waals surface area contributed by atoms with Crippen molar-refractivity contribution in [2.45, 2.75) is 12.3 Å². The summed E-state index contributed by atoms with van der Waals surface area (Å²) in [7, 11) is 0. The Bertz CT molecular complexity index is 430. The Morgan fingerprint density at radius 3 is 3.14 bits per heavy atom. The van der Waals surface area contributed by atoms with E-state index in [4.69, 9.17) is 0 Å². The number of hydrogen-bond acceptors (Lipinski definition) is 1. The molecule has 1 saturated carbocycles. The molecule has 2 atom stereocenters. The molecule has 1 fully saturated rings. The van der Waals surface area contributed by atoms with E-state index in [9.17, 15) is 0 Å².